The highest BCUT2D eigenvalue weighted by atomic mass is 32.1. The summed E-state index contributed by atoms with van der Waals surface area (Å²) < 4.78 is 39.3. The first-order valence-corrected chi connectivity index (χ1v) is 7.74. The molecule has 7 nitrogen and oxygen atoms in total. The molecule has 1 aromatic carbocycles. The van der Waals surface area contributed by atoms with Gasteiger partial charge < -0.3 is 10.2 Å². The number of hydrogen-bond acceptors (Lipinski definition) is 5. The molecule has 3 rings (SSSR count). The average molecular weight is 383 g/mol. The Morgan fingerprint density at radius 2 is 1.88 bits per heavy atom. The van der Waals surface area contributed by atoms with Crippen LogP contribution in [0.25, 0.3) is 16.4 Å². The molecule has 0 fully saturated rings. The van der Waals surface area contributed by atoms with Gasteiger partial charge in [0.2, 0.25) is 5.13 Å². The first-order valence-electron chi connectivity index (χ1n) is 6.86. The highest BCUT2D eigenvalue weighted by Gasteiger charge is 2.31. The molecule has 2 aromatic heterocycles. The van der Waals surface area contributed by atoms with Gasteiger partial charge in [-0.2, -0.15) is 23.0 Å². The van der Waals surface area contributed by atoms with Crippen LogP contribution in [-0.2, 0) is 6.18 Å². The maximum atomic E-state index is 12.8. The molecule has 0 saturated heterocycles. The minimum Gasteiger partial charge on any atom is -0.478 e. The van der Waals surface area contributed by atoms with Crippen LogP contribution < -0.4 is 0 Å². The van der Waals surface area contributed by atoms with Crippen molar-refractivity contribution in [1.29, 1.82) is 0 Å². The number of benzene rings is 1. The van der Waals surface area contributed by atoms with Gasteiger partial charge in [0.1, 0.15) is 5.56 Å². The quantitative estimate of drug-likeness (QED) is 0.715. The molecule has 0 spiro atoms. The van der Waals surface area contributed by atoms with Gasteiger partial charge in [-0.15, -0.1) is 11.3 Å². The maximum absolute atomic E-state index is 12.8. The summed E-state index contributed by atoms with van der Waals surface area (Å²) in [5, 5.41) is 23.4. The third-order valence-corrected chi connectivity index (χ3v) is 4.18. The number of carbonyl (C=O) groups is 2. The summed E-state index contributed by atoms with van der Waals surface area (Å²) in [7, 11) is 0. The lowest BCUT2D eigenvalue weighted by atomic mass is 10.1. The standard InChI is InChI=1S/C15H8F3N3O4S/c16-15(17,18)8-3-1-2-7(4-8)10-6-26-14(20-10)21-11(13(24)25)9(5-19-21)12(22)23/h1-6H,(H,22,23)(H,24,25). The second-order valence-corrected chi connectivity index (χ2v) is 5.86. The maximum Gasteiger partial charge on any atom is 0.416 e. The van der Waals surface area contributed by atoms with Crippen LogP contribution in [0.3, 0.4) is 0 Å². The van der Waals surface area contributed by atoms with E-state index in [0.717, 1.165) is 34.3 Å². The van der Waals surface area contributed by atoms with Gasteiger partial charge in [-0.05, 0) is 12.1 Å². The minimum atomic E-state index is -4.51. The Hall–Kier alpha value is -3.21. The van der Waals surface area contributed by atoms with E-state index in [1.54, 1.807) is 0 Å². The van der Waals surface area contributed by atoms with Crippen molar-refractivity contribution < 1.29 is 33.0 Å². The fourth-order valence-corrected chi connectivity index (χ4v) is 3.00. The molecule has 0 aliphatic rings. The van der Waals surface area contributed by atoms with Crippen molar-refractivity contribution >= 4 is 23.3 Å². The Bertz CT molecular complexity index is 1010. The molecule has 0 bridgehead atoms. The van der Waals surface area contributed by atoms with Crippen LogP contribution in [-0.4, -0.2) is 36.9 Å². The van der Waals surface area contributed by atoms with E-state index in [1.165, 1.54) is 17.5 Å². The predicted octanol–water partition coefficient (Wildman–Crippen LogP) is 3.41. The topological polar surface area (TPSA) is 105 Å². The normalized spacial score (nSPS) is 11.5. The summed E-state index contributed by atoms with van der Waals surface area (Å²) in [6, 6.07) is 4.50. The molecule has 0 aliphatic carbocycles. The fraction of sp³-hybridized carbons (Fsp3) is 0.0667. The molecule has 0 aliphatic heterocycles. The summed E-state index contributed by atoms with van der Waals surface area (Å²) in [5.41, 5.74) is -1.59. The van der Waals surface area contributed by atoms with Crippen LogP contribution in [0.1, 0.15) is 26.4 Å². The molecule has 0 unspecified atom stereocenters. The highest BCUT2D eigenvalue weighted by molar-refractivity contribution is 7.12. The van der Waals surface area contributed by atoms with Gasteiger partial charge in [-0.25, -0.2) is 14.6 Å². The van der Waals surface area contributed by atoms with Gasteiger partial charge in [0.15, 0.2) is 5.69 Å². The van der Waals surface area contributed by atoms with Crippen molar-refractivity contribution in [3.05, 3.63) is 52.7 Å². The van der Waals surface area contributed by atoms with Crippen LogP contribution in [0.4, 0.5) is 13.2 Å². The third kappa shape index (κ3) is 3.16. The van der Waals surface area contributed by atoms with E-state index in [-0.39, 0.29) is 16.4 Å². The van der Waals surface area contributed by atoms with Crippen LogP contribution >= 0.6 is 11.3 Å². The smallest absolute Gasteiger partial charge is 0.416 e. The van der Waals surface area contributed by atoms with Crippen molar-refractivity contribution in [3.8, 4) is 16.4 Å². The van der Waals surface area contributed by atoms with E-state index in [2.05, 4.69) is 10.1 Å². The number of hydrogen-bond donors (Lipinski definition) is 2. The Morgan fingerprint density at radius 3 is 2.50 bits per heavy atom. The summed E-state index contributed by atoms with van der Waals surface area (Å²) in [6.45, 7) is 0. The first kappa shape index (κ1) is 17.6. The van der Waals surface area contributed by atoms with Gasteiger partial charge in [-0.1, -0.05) is 12.1 Å². The lowest BCUT2D eigenvalue weighted by Crippen LogP contribution is -2.12. The summed E-state index contributed by atoms with van der Waals surface area (Å²) >= 11 is 0.919. The zero-order valence-electron chi connectivity index (χ0n) is 12.6. The largest absolute Gasteiger partial charge is 0.478 e. The van der Waals surface area contributed by atoms with E-state index in [9.17, 15) is 27.9 Å². The van der Waals surface area contributed by atoms with Gasteiger partial charge in [0, 0.05) is 10.9 Å². The molecular formula is C15H8F3N3O4S. The van der Waals surface area contributed by atoms with E-state index < -0.39 is 34.9 Å². The molecule has 0 saturated carbocycles. The third-order valence-electron chi connectivity index (χ3n) is 3.36. The number of aromatic nitrogens is 3. The molecule has 2 N–H and O–H groups in total. The number of nitrogens with zero attached hydrogens (tertiary/aromatic N) is 3. The second-order valence-electron chi connectivity index (χ2n) is 5.02. The zero-order chi connectivity index (χ0) is 19.1. The lowest BCUT2D eigenvalue weighted by molar-refractivity contribution is -0.137. The Kier molecular flexibility index (Phi) is 4.24. The second kappa shape index (κ2) is 6.26. The van der Waals surface area contributed by atoms with E-state index in [4.69, 9.17) is 5.11 Å². The van der Waals surface area contributed by atoms with Gasteiger partial charge >= 0.3 is 18.1 Å². The summed E-state index contributed by atoms with van der Waals surface area (Å²) in [5.74, 6) is -2.99. The minimum absolute atomic E-state index is 0.0160. The van der Waals surface area contributed by atoms with Gasteiger partial charge in [0.25, 0.3) is 0 Å². The molecule has 134 valence electrons. The van der Waals surface area contributed by atoms with Crippen LogP contribution in [0, 0.1) is 0 Å². The number of aromatic carboxylic acids is 2. The number of carboxylic acid groups (broad SMARTS) is 2. The number of alkyl halides is 3. The van der Waals surface area contributed by atoms with Crippen molar-refractivity contribution in [1.82, 2.24) is 14.8 Å². The predicted molar refractivity (Wildman–Crippen MR) is 83.6 cm³/mol. The molecule has 3 aromatic rings. The van der Waals surface area contributed by atoms with Crippen molar-refractivity contribution in [2.75, 3.05) is 0 Å². The number of rotatable bonds is 4. The molecule has 0 amide bonds. The number of carboxylic acids is 2. The summed E-state index contributed by atoms with van der Waals surface area (Å²) in [6.07, 6.45) is -3.64. The number of thiazole rings is 1. The van der Waals surface area contributed by atoms with Crippen LogP contribution in [0.2, 0.25) is 0 Å². The summed E-state index contributed by atoms with van der Waals surface area (Å²) in [4.78, 5) is 26.5. The fourth-order valence-electron chi connectivity index (χ4n) is 2.20. The first-order chi connectivity index (χ1) is 12.2. The van der Waals surface area contributed by atoms with Crippen molar-refractivity contribution in [2.24, 2.45) is 0 Å². The van der Waals surface area contributed by atoms with Crippen LogP contribution in [0.5, 0.6) is 0 Å². The molecular weight excluding hydrogens is 375 g/mol. The van der Waals surface area contributed by atoms with Gasteiger partial charge in [0.05, 0.1) is 17.5 Å². The van der Waals surface area contributed by atoms with Gasteiger partial charge in [-0.3, -0.25) is 0 Å². The average Bonchev–Trinajstić information content (AvgIpc) is 3.21. The zero-order valence-corrected chi connectivity index (χ0v) is 13.4. The molecule has 0 radical (unpaired) electrons. The van der Waals surface area contributed by atoms with E-state index in [1.807, 2.05) is 0 Å². The Balaban J connectivity index is 2.05. The number of halogens is 3. The molecule has 2 heterocycles. The molecule has 26 heavy (non-hydrogen) atoms. The Labute approximate surface area is 147 Å². The lowest BCUT2D eigenvalue weighted by Gasteiger charge is -2.07. The molecule has 0 atom stereocenters. The van der Waals surface area contributed by atoms with E-state index >= 15 is 0 Å². The monoisotopic (exact) mass is 383 g/mol. The SMILES string of the molecule is O=C(O)c1cnn(-c2nc(-c3cccc(C(F)(F)F)c3)cs2)c1C(=O)O. The highest BCUT2D eigenvalue weighted by Crippen LogP contribution is 2.33. The van der Waals surface area contributed by atoms with Crippen molar-refractivity contribution in [3.63, 3.8) is 0 Å². The Morgan fingerprint density at radius 1 is 1.15 bits per heavy atom. The van der Waals surface area contributed by atoms with Crippen molar-refractivity contribution in [2.45, 2.75) is 6.18 Å². The van der Waals surface area contributed by atoms with Crippen LogP contribution in [0.15, 0.2) is 35.8 Å². The van der Waals surface area contributed by atoms with E-state index in [0.29, 0.717) is 0 Å². The molecule has 11 heteroatoms.